The van der Waals surface area contributed by atoms with Gasteiger partial charge in [0.2, 0.25) is 5.91 Å². The third kappa shape index (κ3) is 3.34. The average Bonchev–Trinajstić information content (AvgIpc) is 2.21. The molecule has 116 valence electrons. The molecular weight excluding hydrogens is 252 g/mol. The van der Waals surface area contributed by atoms with Gasteiger partial charge in [0.1, 0.15) is 0 Å². The van der Waals surface area contributed by atoms with Gasteiger partial charge in [0.25, 0.3) is 0 Å². The average molecular weight is 282 g/mol. The summed E-state index contributed by atoms with van der Waals surface area (Å²) in [6.45, 7) is 9.70. The lowest BCUT2D eigenvalue weighted by Crippen LogP contribution is -2.67. The Bertz CT molecular complexity index is 345. The number of hydrogen-bond donors (Lipinski definition) is 2. The van der Waals surface area contributed by atoms with Crippen LogP contribution in [0.3, 0.4) is 0 Å². The highest BCUT2D eigenvalue weighted by Gasteiger charge is 2.58. The number of carbonyl (C=O) groups is 1. The molecule has 0 radical (unpaired) electrons. The van der Waals surface area contributed by atoms with Crippen molar-refractivity contribution in [3.05, 3.63) is 0 Å². The van der Waals surface area contributed by atoms with Crippen molar-refractivity contribution in [2.45, 2.75) is 77.5 Å². The Kier molecular flexibility index (Phi) is 4.75. The SMILES string of the molecule is CCOC1CC(NCCC(=O)NC(C)(C)C)C12CCC2. The van der Waals surface area contributed by atoms with Crippen molar-refractivity contribution < 1.29 is 9.53 Å². The third-order valence-electron chi connectivity index (χ3n) is 4.69. The van der Waals surface area contributed by atoms with E-state index in [1.165, 1.54) is 19.3 Å². The molecule has 0 aliphatic heterocycles. The number of hydrogen-bond acceptors (Lipinski definition) is 3. The molecule has 2 atom stereocenters. The van der Waals surface area contributed by atoms with Gasteiger partial charge in [-0.1, -0.05) is 6.42 Å². The van der Waals surface area contributed by atoms with E-state index in [1.54, 1.807) is 0 Å². The van der Waals surface area contributed by atoms with Crippen molar-refractivity contribution >= 4 is 5.91 Å². The first kappa shape index (κ1) is 15.8. The van der Waals surface area contributed by atoms with Gasteiger partial charge < -0.3 is 15.4 Å². The molecule has 0 heterocycles. The molecule has 0 aromatic carbocycles. The Morgan fingerprint density at radius 3 is 2.55 bits per heavy atom. The monoisotopic (exact) mass is 282 g/mol. The van der Waals surface area contributed by atoms with Crippen LogP contribution in [0, 0.1) is 5.41 Å². The molecule has 0 saturated heterocycles. The fourth-order valence-electron chi connectivity index (χ4n) is 3.57. The number of nitrogens with one attached hydrogen (secondary N) is 2. The Labute approximate surface area is 123 Å². The Morgan fingerprint density at radius 2 is 2.05 bits per heavy atom. The molecule has 2 saturated carbocycles. The van der Waals surface area contributed by atoms with Gasteiger partial charge >= 0.3 is 0 Å². The highest BCUT2D eigenvalue weighted by atomic mass is 16.5. The van der Waals surface area contributed by atoms with Gasteiger partial charge in [-0.15, -0.1) is 0 Å². The molecule has 4 nitrogen and oxygen atoms in total. The summed E-state index contributed by atoms with van der Waals surface area (Å²) >= 11 is 0. The van der Waals surface area contributed by atoms with Crippen LogP contribution in [0.15, 0.2) is 0 Å². The summed E-state index contributed by atoms with van der Waals surface area (Å²) in [5, 5.41) is 6.58. The van der Waals surface area contributed by atoms with Crippen molar-refractivity contribution in [3.63, 3.8) is 0 Å². The second-order valence-corrected chi connectivity index (χ2v) is 7.32. The second kappa shape index (κ2) is 6.02. The molecule has 2 aliphatic carbocycles. The summed E-state index contributed by atoms with van der Waals surface area (Å²) in [6.07, 6.45) is 6.00. The van der Waals surface area contributed by atoms with Crippen LogP contribution < -0.4 is 10.6 Å². The van der Waals surface area contributed by atoms with Crippen molar-refractivity contribution in [2.75, 3.05) is 13.2 Å². The van der Waals surface area contributed by atoms with Crippen molar-refractivity contribution in [2.24, 2.45) is 5.41 Å². The van der Waals surface area contributed by atoms with Crippen LogP contribution in [0.25, 0.3) is 0 Å². The fraction of sp³-hybridized carbons (Fsp3) is 0.938. The van der Waals surface area contributed by atoms with Gasteiger partial charge in [-0.3, -0.25) is 4.79 Å². The van der Waals surface area contributed by atoms with E-state index in [0.717, 1.165) is 19.6 Å². The molecule has 0 bridgehead atoms. The topological polar surface area (TPSA) is 50.4 Å². The summed E-state index contributed by atoms with van der Waals surface area (Å²) in [6, 6.07) is 0.551. The Morgan fingerprint density at radius 1 is 1.35 bits per heavy atom. The van der Waals surface area contributed by atoms with E-state index >= 15 is 0 Å². The third-order valence-corrected chi connectivity index (χ3v) is 4.69. The number of carbonyl (C=O) groups excluding carboxylic acids is 1. The predicted molar refractivity (Wildman–Crippen MR) is 80.6 cm³/mol. The maximum absolute atomic E-state index is 11.8. The molecule has 20 heavy (non-hydrogen) atoms. The molecular formula is C16H30N2O2. The van der Waals surface area contributed by atoms with Gasteiger partial charge in [-0.2, -0.15) is 0 Å². The molecule has 2 N–H and O–H groups in total. The van der Waals surface area contributed by atoms with Gasteiger partial charge in [0.05, 0.1) is 6.10 Å². The Hall–Kier alpha value is -0.610. The largest absolute Gasteiger partial charge is 0.378 e. The molecule has 2 aliphatic rings. The normalized spacial score (nSPS) is 27.8. The van der Waals surface area contributed by atoms with Crippen LogP contribution in [0.5, 0.6) is 0 Å². The van der Waals surface area contributed by atoms with Crippen LogP contribution in [-0.4, -0.2) is 36.7 Å². The van der Waals surface area contributed by atoms with Crippen molar-refractivity contribution in [1.82, 2.24) is 10.6 Å². The van der Waals surface area contributed by atoms with E-state index < -0.39 is 0 Å². The van der Waals surface area contributed by atoms with Gasteiger partial charge in [-0.05, 0) is 47.0 Å². The maximum atomic E-state index is 11.8. The minimum absolute atomic E-state index is 0.133. The minimum atomic E-state index is -0.136. The number of rotatable bonds is 6. The molecule has 2 fully saturated rings. The first-order chi connectivity index (χ1) is 9.37. The van der Waals surface area contributed by atoms with Crippen molar-refractivity contribution in [3.8, 4) is 0 Å². The lowest BCUT2D eigenvalue weighted by Gasteiger charge is -2.61. The maximum Gasteiger partial charge on any atom is 0.221 e. The zero-order valence-corrected chi connectivity index (χ0v) is 13.4. The lowest BCUT2D eigenvalue weighted by molar-refractivity contribution is -0.172. The van der Waals surface area contributed by atoms with Crippen LogP contribution in [0.4, 0.5) is 0 Å². The minimum Gasteiger partial charge on any atom is -0.378 e. The molecule has 2 rings (SSSR count). The highest BCUT2D eigenvalue weighted by molar-refractivity contribution is 5.76. The zero-order valence-electron chi connectivity index (χ0n) is 13.4. The fourth-order valence-corrected chi connectivity index (χ4v) is 3.57. The quantitative estimate of drug-likeness (QED) is 0.785. The highest BCUT2D eigenvalue weighted by Crippen LogP contribution is 2.57. The van der Waals surface area contributed by atoms with Gasteiger partial charge in [0.15, 0.2) is 0 Å². The summed E-state index contributed by atoms with van der Waals surface area (Å²) in [5.74, 6) is 0.133. The summed E-state index contributed by atoms with van der Waals surface area (Å²) in [7, 11) is 0. The standard InChI is InChI=1S/C16H30N2O2/c1-5-20-13-11-12(16(13)8-6-9-16)17-10-7-14(19)18-15(2,3)4/h12-13,17H,5-11H2,1-4H3,(H,18,19). The van der Waals surface area contributed by atoms with Gasteiger partial charge in [-0.25, -0.2) is 0 Å². The van der Waals surface area contributed by atoms with E-state index in [-0.39, 0.29) is 11.4 Å². The molecule has 0 aromatic rings. The molecule has 2 unspecified atom stereocenters. The van der Waals surface area contributed by atoms with Crippen LogP contribution in [0.2, 0.25) is 0 Å². The molecule has 4 heteroatoms. The first-order valence-corrected chi connectivity index (χ1v) is 8.03. The van der Waals surface area contributed by atoms with E-state index in [1.807, 2.05) is 20.8 Å². The van der Waals surface area contributed by atoms with E-state index in [4.69, 9.17) is 4.74 Å². The van der Waals surface area contributed by atoms with Gasteiger partial charge in [0, 0.05) is 36.6 Å². The first-order valence-electron chi connectivity index (χ1n) is 8.03. The number of ether oxygens (including phenoxy) is 1. The molecule has 1 spiro atoms. The van der Waals surface area contributed by atoms with Crippen LogP contribution in [0.1, 0.15) is 59.8 Å². The van der Waals surface area contributed by atoms with E-state index in [0.29, 0.717) is 24.0 Å². The Balaban J connectivity index is 1.69. The molecule has 1 amide bonds. The van der Waals surface area contributed by atoms with E-state index in [2.05, 4.69) is 17.6 Å². The van der Waals surface area contributed by atoms with Crippen LogP contribution in [-0.2, 0) is 9.53 Å². The summed E-state index contributed by atoms with van der Waals surface area (Å²) < 4.78 is 5.84. The van der Waals surface area contributed by atoms with E-state index in [9.17, 15) is 4.79 Å². The smallest absolute Gasteiger partial charge is 0.221 e. The lowest BCUT2D eigenvalue weighted by atomic mass is 9.51. The number of amides is 1. The molecule has 0 aromatic heterocycles. The summed E-state index contributed by atoms with van der Waals surface area (Å²) in [5.41, 5.74) is 0.249. The summed E-state index contributed by atoms with van der Waals surface area (Å²) in [4.78, 5) is 11.8. The second-order valence-electron chi connectivity index (χ2n) is 7.32. The van der Waals surface area contributed by atoms with Crippen LogP contribution >= 0.6 is 0 Å². The van der Waals surface area contributed by atoms with Crippen molar-refractivity contribution in [1.29, 1.82) is 0 Å². The zero-order chi connectivity index (χ0) is 14.8. The predicted octanol–water partition coefficient (Wildman–Crippen LogP) is 2.23.